The number of allylic oxidation sites excluding steroid dienone is 1. The van der Waals surface area contributed by atoms with E-state index in [4.69, 9.17) is 9.31 Å². The predicted octanol–water partition coefficient (Wildman–Crippen LogP) is 1.84. The molecular weight excluding hydrogens is 276 g/mol. The molecule has 0 atom stereocenters. The Labute approximate surface area is 114 Å². The van der Waals surface area contributed by atoms with Crippen molar-refractivity contribution in [3.8, 4) is 0 Å². The molecule has 6 heteroatoms. The third-order valence-corrected chi connectivity index (χ3v) is 3.91. The van der Waals surface area contributed by atoms with Gasteiger partial charge in [0.25, 0.3) is 0 Å². The van der Waals surface area contributed by atoms with Crippen LogP contribution in [0.5, 0.6) is 0 Å². The second-order valence-electron chi connectivity index (χ2n) is 5.25. The molecule has 0 N–H and O–H groups in total. The molecule has 2 nitrogen and oxygen atoms in total. The summed E-state index contributed by atoms with van der Waals surface area (Å²) < 4.78 is 12.8. The van der Waals surface area contributed by atoms with Crippen molar-refractivity contribution < 1.29 is 9.31 Å². The molecule has 0 amide bonds. The van der Waals surface area contributed by atoms with Gasteiger partial charge in [0, 0.05) is 0 Å². The van der Waals surface area contributed by atoms with Gasteiger partial charge in [-0.25, -0.2) is 0 Å². The van der Waals surface area contributed by atoms with Crippen molar-refractivity contribution in [2.24, 2.45) is 0 Å². The summed E-state index contributed by atoms with van der Waals surface area (Å²) in [4.78, 5) is 0. The van der Waals surface area contributed by atoms with Crippen LogP contribution in [-0.4, -0.2) is 41.7 Å². The summed E-state index contributed by atoms with van der Waals surface area (Å²) in [7, 11) is -0.277. The molecule has 0 unspecified atom stereocenters. The number of halogens is 1. The quantitative estimate of drug-likeness (QED) is 0.740. The van der Waals surface area contributed by atoms with Gasteiger partial charge < -0.3 is 0 Å². The third-order valence-electron chi connectivity index (χ3n) is 3.33. The summed E-state index contributed by atoms with van der Waals surface area (Å²) in [5.41, 5.74) is -0.571. The summed E-state index contributed by atoms with van der Waals surface area (Å²) >= 11 is 3.38. The fourth-order valence-electron chi connectivity index (χ4n) is 1.39. The Balaban J connectivity index is 2.81. The molecule has 0 aliphatic carbocycles. The number of rotatable bonds is 3. The molecule has 1 heterocycles. The first-order valence-electron chi connectivity index (χ1n) is 5.71. The van der Waals surface area contributed by atoms with E-state index in [0.29, 0.717) is 0 Å². The number of hydrogen-bond donors (Lipinski definition) is 0. The molecule has 0 aromatic carbocycles. The van der Waals surface area contributed by atoms with Gasteiger partial charge in [-0.2, -0.15) is 0 Å². The second-order valence-corrected chi connectivity index (χ2v) is 6.17. The molecule has 17 heavy (non-hydrogen) atoms. The van der Waals surface area contributed by atoms with E-state index in [2.05, 4.69) is 50.2 Å². The Hall–Kier alpha value is 0.0748. The zero-order valence-electron chi connectivity index (χ0n) is 11.2. The molecule has 0 saturated carbocycles. The topological polar surface area (TPSA) is 18.5 Å². The van der Waals surface area contributed by atoms with E-state index in [-0.39, 0.29) is 18.3 Å². The normalized spacial score (nSPS) is 23.1. The molecular formula is C11H18B3BrO2. The molecule has 1 aliphatic heterocycles. The fraction of sp³-hybridized carbons (Fsp3) is 0.636. The molecule has 0 radical (unpaired) electrons. The maximum absolute atomic E-state index is 5.93. The number of hydrogen-bond acceptors (Lipinski definition) is 2. The summed E-state index contributed by atoms with van der Waals surface area (Å²) in [5, 5.41) is 1.04. The van der Waals surface area contributed by atoms with E-state index in [1.54, 1.807) is 6.08 Å². The zero-order chi connectivity index (χ0) is 13.3. The standard InChI is InChI=1S/C11H18B3BrO2/c1-7-9(15)13-12-8(2)14-16-10(3,4)11(5,6)17-14/h7H,1H2,2-6H3. The van der Waals surface area contributed by atoms with Crippen LogP contribution in [0.2, 0.25) is 0 Å². The van der Waals surface area contributed by atoms with Gasteiger partial charge in [0.1, 0.15) is 0 Å². The van der Waals surface area contributed by atoms with Crippen molar-refractivity contribution >= 4 is 46.4 Å². The van der Waals surface area contributed by atoms with E-state index in [0.717, 1.165) is 9.74 Å². The van der Waals surface area contributed by atoms with Gasteiger partial charge in [0.2, 0.25) is 0 Å². The van der Waals surface area contributed by atoms with Crippen LogP contribution in [0.1, 0.15) is 34.6 Å². The first kappa shape index (κ1) is 15.1. The van der Waals surface area contributed by atoms with Crippen molar-refractivity contribution in [2.75, 3.05) is 0 Å². The van der Waals surface area contributed by atoms with Crippen LogP contribution in [0.25, 0.3) is 0 Å². The summed E-state index contributed by atoms with van der Waals surface area (Å²) in [6.45, 7) is 17.8. The van der Waals surface area contributed by atoms with Gasteiger partial charge >= 0.3 is 114 Å². The molecule has 90 valence electrons. The second kappa shape index (κ2) is 5.37. The minimum absolute atomic E-state index is 0.277. The van der Waals surface area contributed by atoms with Crippen LogP contribution in [0, 0.1) is 0 Å². The predicted molar refractivity (Wildman–Crippen MR) is 82.4 cm³/mol. The maximum atomic E-state index is 5.93. The Morgan fingerprint density at radius 1 is 1.18 bits per heavy atom. The van der Waals surface area contributed by atoms with E-state index in [9.17, 15) is 0 Å². The Bertz CT molecular complexity index is 359. The monoisotopic (exact) mass is 294 g/mol. The van der Waals surface area contributed by atoms with Gasteiger partial charge in [-0.3, -0.25) is 0 Å². The van der Waals surface area contributed by atoms with Gasteiger partial charge in [0.15, 0.2) is 0 Å². The summed E-state index contributed by atoms with van der Waals surface area (Å²) in [6.07, 6.45) is 1.74. The van der Waals surface area contributed by atoms with Crippen molar-refractivity contribution in [2.45, 2.75) is 45.8 Å². The summed E-state index contributed by atoms with van der Waals surface area (Å²) in [6, 6.07) is 0. The summed E-state index contributed by atoms with van der Waals surface area (Å²) in [5.74, 6) is 0. The first-order chi connectivity index (χ1) is 7.69. The molecule has 1 rings (SSSR count). The Morgan fingerprint density at radius 2 is 1.65 bits per heavy atom. The minimum atomic E-state index is -0.286. The van der Waals surface area contributed by atoms with Crippen LogP contribution in [0.4, 0.5) is 0 Å². The molecule has 1 aliphatic rings. The molecule has 0 aromatic heterocycles. The third kappa shape index (κ3) is 3.52. The van der Waals surface area contributed by atoms with Crippen molar-refractivity contribution in [3.63, 3.8) is 0 Å². The Kier molecular flexibility index (Phi) is 4.78. The van der Waals surface area contributed by atoms with Crippen molar-refractivity contribution in [1.29, 1.82) is 0 Å². The van der Waals surface area contributed by atoms with Crippen LogP contribution < -0.4 is 0 Å². The van der Waals surface area contributed by atoms with Crippen molar-refractivity contribution in [1.82, 2.24) is 0 Å². The zero-order valence-corrected chi connectivity index (χ0v) is 12.8. The van der Waals surface area contributed by atoms with Gasteiger partial charge in [-0.05, 0) is 0 Å². The van der Waals surface area contributed by atoms with Crippen LogP contribution >= 0.6 is 15.9 Å². The SMILES string of the molecule is C=CC(Br)=BB=C(C)B1OC(C)(C)C(C)(C)O1. The Morgan fingerprint density at radius 3 is 2.06 bits per heavy atom. The van der Waals surface area contributed by atoms with Gasteiger partial charge in [-0.15, -0.1) is 0 Å². The van der Waals surface area contributed by atoms with Gasteiger partial charge in [0.05, 0.1) is 0 Å². The van der Waals surface area contributed by atoms with E-state index in [1.807, 2.05) is 20.5 Å². The van der Waals surface area contributed by atoms with E-state index < -0.39 is 0 Å². The molecule has 0 spiro atoms. The van der Waals surface area contributed by atoms with E-state index in [1.165, 1.54) is 0 Å². The van der Waals surface area contributed by atoms with Gasteiger partial charge in [-0.1, -0.05) is 0 Å². The molecule has 1 saturated heterocycles. The fourth-order valence-corrected chi connectivity index (χ4v) is 1.52. The van der Waals surface area contributed by atoms with Crippen LogP contribution in [0.15, 0.2) is 12.7 Å². The molecule has 1 fully saturated rings. The average molecular weight is 295 g/mol. The molecule has 0 bridgehead atoms. The average Bonchev–Trinajstić information content (AvgIpc) is 2.44. The van der Waals surface area contributed by atoms with Crippen LogP contribution in [0.3, 0.4) is 0 Å². The van der Waals surface area contributed by atoms with Crippen molar-refractivity contribution in [3.05, 3.63) is 12.7 Å². The first-order valence-corrected chi connectivity index (χ1v) is 6.51. The molecule has 0 aromatic rings. The van der Waals surface area contributed by atoms with E-state index >= 15 is 0 Å². The van der Waals surface area contributed by atoms with Crippen LogP contribution in [-0.2, 0) is 9.31 Å².